The van der Waals surface area contributed by atoms with E-state index in [0.29, 0.717) is 30.7 Å². The molecule has 0 aromatic heterocycles. The van der Waals surface area contributed by atoms with Crippen LogP contribution < -0.4 is 15.8 Å². The first-order valence-electron chi connectivity index (χ1n) is 6.53. The van der Waals surface area contributed by atoms with Gasteiger partial charge in [0, 0.05) is 23.7 Å². The number of rotatable bonds is 7. The molecule has 0 spiro atoms. The zero-order valence-electron chi connectivity index (χ0n) is 12.1. The fraction of sp³-hybridized carbons (Fsp3) is 0.500. The number of hydrogen-bond donors (Lipinski definition) is 2. The van der Waals surface area contributed by atoms with E-state index in [1.165, 1.54) is 0 Å². The number of nitrogens with zero attached hydrogens (tertiary/aromatic N) is 1. The van der Waals surface area contributed by atoms with Crippen LogP contribution in [0.25, 0.3) is 0 Å². The van der Waals surface area contributed by atoms with E-state index in [4.69, 9.17) is 26.8 Å². The van der Waals surface area contributed by atoms with E-state index >= 15 is 0 Å². The molecule has 1 aromatic carbocycles. The third-order valence-electron chi connectivity index (χ3n) is 2.56. The van der Waals surface area contributed by atoms with Crippen molar-refractivity contribution in [2.45, 2.75) is 26.4 Å². The molecule has 0 bridgehead atoms. The number of halogens is 1. The zero-order chi connectivity index (χ0) is 15.0. The molecule has 1 aromatic rings. The van der Waals surface area contributed by atoms with E-state index < -0.39 is 0 Å². The third-order valence-corrected chi connectivity index (χ3v) is 2.79. The Morgan fingerprint density at radius 1 is 1.50 bits per heavy atom. The van der Waals surface area contributed by atoms with Crippen LogP contribution in [0.5, 0.6) is 5.75 Å². The van der Waals surface area contributed by atoms with E-state index in [-0.39, 0.29) is 6.04 Å². The number of nitrogens with one attached hydrogen (secondary N) is 1. The summed E-state index contributed by atoms with van der Waals surface area (Å²) in [7, 11) is 1.65. The van der Waals surface area contributed by atoms with Gasteiger partial charge in [0.15, 0.2) is 5.96 Å². The number of hydrogen-bond acceptors (Lipinski definition) is 3. The molecule has 112 valence electrons. The highest BCUT2D eigenvalue weighted by Crippen LogP contribution is 2.24. The van der Waals surface area contributed by atoms with Crippen LogP contribution in [-0.4, -0.2) is 32.3 Å². The monoisotopic (exact) mass is 299 g/mol. The van der Waals surface area contributed by atoms with Gasteiger partial charge < -0.3 is 20.5 Å². The fourth-order valence-electron chi connectivity index (χ4n) is 1.71. The van der Waals surface area contributed by atoms with Gasteiger partial charge in [0.2, 0.25) is 0 Å². The van der Waals surface area contributed by atoms with E-state index in [2.05, 4.69) is 10.3 Å². The van der Waals surface area contributed by atoms with E-state index in [0.717, 1.165) is 11.3 Å². The Morgan fingerprint density at radius 3 is 2.90 bits per heavy atom. The highest BCUT2D eigenvalue weighted by atomic mass is 35.5. The molecule has 0 amide bonds. The summed E-state index contributed by atoms with van der Waals surface area (Å²) in [4.78, 5) is 4.29. The summed E-state index contributed by atoms with van der Waals surface area (Å²) in [6, 6.07) is 5.60. The summed E-state index contributed by atoms with van der Waals surface area (Å²) >= 11 is 5.95. The topological polar surface area (TPSA) is 68.9 Å². The van der Waals surface area contributed by atoms with Crippen molar-refractivity contribution < 1.29 is 9.47 Å². The van der Waals surface area contributed by atoms with E-state index in [1.54, 1.807) is 13.2 Å². The van der Waals surface area contributed by atoms with Crippen molar-refractivity contribution in [2.24, 2.45) is 10.7 Å². The van der Waals surface area contributed by atoms with Gasteiger partial charge in [0.1, 0.15) is 5.75 Å². The van der Waals surface area contributed by atoms with Crippen LogP contribution in [0.3, 0.4) is 0 Å². The van der Waals surface area contributed by atoms with Crippen molar-refractivity contribution >= 4 is 17.6 Å². The Labute approximate surface area is 125 Å². The van der Waals surface area contributed by atoms with Gasteiger partial charge in [0.05, 0.1) is 19.8 Å². The average Bonchev–Trinajstić information content (AvgIpc) is 2.38. The molecular weight excluding hydrogens is 278 g/mol. The minimum atomic E-state index is 0.111. The van der Waals surface area contributed by atoms with Crippen LogP contribution in [0.4, 0.5) is 0 Å². The molecule has 1 unspecified atom stereocenters. The first-order valence-corrected chi connectivity index (χ1v) is 6.91. The molecule has 0 saturated carbocycles. The average molecular weight is 300 g/mol. The van der Waals surface area contributed by atoms with Gasteiger partial charge in [-0.15, -0.1) is 0 Å². The Kier molecular flexibility index (Phi) is 7.18. The number of nitrogens with two attached hydrogens (primary N) is 1. The van der Waals surface area contributed by atoms with Gasteiger partial charge in [-0.2, -0.15) is 0 Å². The minimum absolute atomic E-state index is 0.111. The minimum Gasteiger partial charge on any atom is -0.493 e. The van der Waals surface area contributed by atoms with Gasteiger partial charge in [-0.05, 0) is 26.0 Å². The fourth-order valence-corrected chi connectivity index (χ4v) is 1.87. The lowest BCUT2D eigenvalue weighted by molar-refractivity contribution is 0.179. The molecule has 6 heteroatoms. The van der Waals surface area contributed by atoms with Gasteiger partial charge in [-0.25, -0.2) is 4.99 Å². The lowest BCUT2D eigenvalue weighted by Gasteiger charge is -2.13. The standard InChI is InChI=1S/C14H22ClN3O2/c1-4-20-13-7-12(15)6-5-11(13)8-17-14(16)18-10(2)9-19-3/h5-7,10H,4,8-9H2,1-3H3,(H3,16,17,18). The molecule has 20 heavy (non-hydrogen) atoms. The molecule has 0 radical (unpaired) electrons. The number of ether oxygens (including phenoxy) is 2. The summed E-state index contributed by atoms with van der Waals surface area (Å²) < 4.78 is 10.6. The molecule has 0 heterocycles. The lowest BCUT2D eigenvalue weighted by Crippen LogP contribution is -2.40. The van der Waals surface area contributed by atoms with Crippen molar-refractivity contribution in [3.05, 3.63) is 28.8 Å². The van der Waals surface area contributed by atoms with Crippen LogP contribution >= 0.6 is 11.6 Å². The van der Waals surface area contributed by atoms with E-state index in [1.807, 2.05) is 26.0 Å². The molecule has 0 aliphatic rings. The quantitative estimate of drug-likeness (QED) is 0.598. The summed E-state index contributed by atoms with van der Waals surface area (Å²) in [5, 5.41) is 3.69. The van der Waals surface area contributed by atoms with Crippen LogP contribution in [0.1, 0.15) is 19.4 Å². The van der Waals surface area contributed by atoms with Crippen LogP contribution in [0, 0.1) is 0 Å². The Bertz CT molecular complexity index is 452. The van der Waals surface area contributed by atoms with Gasteiger partial charge in [-0.3, -0.25) is 0 Å². The summed E-state index contributed by atoms with van der Waals surface area (Å²) in [5.74, 6) is 1.12. The van der Waals surface area contributed by atoms with Crippen LogP contribution in [-0.2, 0) is 11.3 Å². The van der Waals surface area contributed by atoms with Gasteiger partial charge in [-0.1, -0.05) is 17.7 Å². The zero-order valence-corrected chi connectivity index (χ0v) is 12.9. The van der Waals surface area contributed by atoms with Crippen LogP contribution in [0.2, 0.25) is 5.02 Å². The van der Waals surface area contributed by atoms with Crippen LogP contribution in [0.15, 0.2) is 23.2 Å². The molecule has 1 rings (SSSR count). The Morgan fingerprint density at radius 2 is 2.25 bits per heavy atom. The molecule has 3 N–H and O–H groups in total. The highest BCUT2D eigenvalue weighted by molar-refractivity contribution is 6.30. The van der Waals surface area contributed by atoms with Gasteiger partial charge in [0.25, 0.3) is 0 Å². The number of aliphatic imine (C=N–C) groups is 1. The van der Waals surface area contributed by atoms with E-state index in [9.17, 15) is 0 Å². The Hall–Kier alpha value is -1.46. The van der Waals surface area contributed by atoms with Crippen molar-refractivity contribution in [3.63, 3.8) is 0 Å². The highest BCUT2D eigenvalue weighted by Gasteiger charge is 2.05. The molecule has 0 aliphatic heterocycles. The first-order chi connectivity index (χ1) is 9.56. The molecule has 0 saturated heterocycles. The van der Waals surface area contributed by atoms with Crippen molar-refractivity contribution in [2.75, 3.05) is 20.3 Å². The summed E-state index contributed by atoms with van der Waals surface area (Å²) in [6.45, 7) is 5.48. The van der Waals surface area contributed by atoms with Crippen molar-refractivity contribution in [3.8, 4) is 5.75 Å². The maximum atomic E-state index is 5.95. The second-order valence-electron chi connectivity index (χ2n) is 4.39. The first kappa shape index (κ1) is 16.6. The summed E-state index contributed by atoms with van der Waals surface area (Å²) in [5.41, 5.74) is 6.77. The van der Waals surface area contributed by atoms with Crippen molar-refractivity contribution in [1.29, 1.82) is 0 Å². The maximum Gasteiger partial charge on any atom is 0.189 e. The molecular formula is C14H22ClN3O2. The molecule has 0 aliphatic carbocycles. The predicted molar refractivity (Wildman–Crippen MR) is 82.4 cm³/mol. The Balaban J connectivity index is 2.68. The number of methoxy groups -OCH3 is 1. The number of guanidine groups is 1. The normalized spacial score (nSPS) is 13.1. The SMILES string of the molecule is CCOc1cc(Cl)ccc1CN=C(N)NC(C)COC. The maximum absolute atomic E-state index is 5.95. The predicted octanol–water partition coefficient (Wildman–Crippen LogP) is 2.18. The largest absolute Gasteiger partial charge is 0.493 e. The molecule has 1 atom stereocenters. The summed E-state index contributed by atoms with van der Waals surface area (Å²) in [6.07, 6.45) is 0. The smallest absolute Gasteiger partial charge is 0.189 e. The number of benzene rings is 1. The second-order valence-corrected chi connectivity index (χ2v) is 4.82. The van der Waals surface area contributed by atoms with Crippen molar-refractivity contribution in [1.82, 2.24) is 5.32 Å². The second kappa shape index (κ2) is 8.66. The third kappa shape index (κ3) is 5.67. The lowest BCUT2D eigenvalue weighted by atomic mass is 10.2. The molecule has 0 fully saturated rings. The van der Waals surface area contributed by atoms with Gasteiger partial charge >= 0.3 is 0 Å². The molecule has 5 nitrogen and oxygen atoms in total.